The number of H-pyrrole nitrogens is 1. The molecular formula is C13H16Cl2N2. The number of hydrogen-bond donors (Lipinski definition) is 2. The molecule has 0 aliphatic rings. The highest BCUT2D eigenvalue weighted by Crippen LogP contribution is 2.34. The Morgan fingerprint density at radius 3 is 2.71 bits per heavy atom. The molecule has 0 aliphatic heterocycles. The maximum atomic E-state index is 6.19. The summed E-state index contributed by atoms with van der Waals surface area (Å²) < 4.78 is 0. The second kappa shape index (κ2) is 4.89. The standard InChI is InChI=1S/C13H16Cl2N2/c1-4-16-7(2)12-8(3)17-13-10(12)5-9(14)6-11(13)15/h5-7,16-17H,4H2,1-3H3. The normalized spacial score (nSPS) is 13.2. The van der Waals surface area contributed by atoms with Gasteiger partial charge in [0.2, 0.25) is 0 Å². The lowest BCUT2D eigenvalue weighted by atomic mass is 10.0. The smallest absolute Gasteiger partial charge is 0.0662 e. The van der Waals surface area contributed by atoms with E-state index < -0.39 is 0 Å². The second-order valence-electron chi connectivity index (χ2n) is 4.25. The Morgan fingerprint density at radius 2 is 2.06 bits per heavy atom. The van der Waals surface area contributed by atoms with Crippen molar-refractivity contribution in [3.63, 3.8) is 0 Å². The predicted octanol–water partition coefficient (Wildman–Crippen LogP) is 4.45. The Balaban J connectivity index is 2.66. The first-order valence-corrected chi connectivity index (χ1v) is 6.50. The topological polar surface area (TPSA) is 27.8 Å². The molecule has 0 aliphatic carbocycles. The number of aryl methyl sites for hydroxylation is 1. The molecule has 0 spiro atoms. The fraction of sp³-hybridized carbons (Fsp3) is 0.385. The molecule has 2 rings (SSSR count). The van der Waals surface area contributed by atoms with Gasteiger partial charge in [0.05, 0.1) is 10.5 Å². The number of aromatic nitrogens is 1. The van der Waals surface area contributed by atoms with Crippen LogP contribution in [0.15, 0.2) is 12.1 Å². The van der Waals surface area contributed by atoms with Crippen LogP contribution in [0.25, 0.3) is 10.9 Å². The van der Waals surface area contributed by atoms with Gasteiger partial charge < -0.3 is 10.3 Å². The molecule has 0 saturated carbocycles. The minimum absolute atomic E-state index is 0.281. The summed E-state index contributed by atoms with van der Waals surface area (Å²) in [6.45, 7) is 7.24. The fourth-order valence-electron chi connectivity index (χ4n) is 2.34. The van der Waals surface area contributed by atoms with Crippen LogP contribution in [0, 0.1) is 6.92 Å². The van der Waals surface area contributed by atoms with Gasteiger partial charge in [-0.25, -0.2) is 0 Å². The number of hydrogen-bond acceptors (Lipinski definition) is 1. The Bertz CT molecular complexity index is 546. The van der Waals surface area contributed by atoms with Crippen molar-refractivity contribution in [1.82, 2.24) is 10.3 Å². The van der Waals surface area contributed by atoms with E-state index in [1.807, 2.05) is 6.07 Å². The SMILES string of the molecule is CCNC(C)c1c(C)[nH]c2c(Cl)cc(Cl)cc12. The molecule has 1 aromatic heterocycles. The van der Waals surface area contributed by atoms with Crippen LogP contribution in [0.1, 0.15) is 31.1 Å². The molecule has 2 nitrogen and oxygen atoms in total. The number of aromatic amines is 1. The monoisotopic (exact) mass is 270 g/mol. The van der Waals surface area contributed by atoms with E-state index in [0.29, 0.717) is 10.0 Å². The molecule has 1 atom stereocenters. The molecule has 1 aromatic carbocycles. The predicted molar refractivity (Wildman–Crippen MR) is 75.1 cm³/mol. The van der Waals surface area contributed by atoms with E-state index in [0.717, 1.165) is 23.1 Å². The van der Waals surface area contributed by atoms with Gasteiger partial charge in [0, 0.05) is 22.1 Å². The van der Waals surface area contributed by atoms with Crippen molar-refractivity contribution < 1.29 is 0 Å². The molecule has 0 amide bonds. The highest BCUT2D eigenvalue weighted by molar-refractivity contribution is 6.38. The Kier molecular flexibility index (Phi) is 3.67. The number of halogens is 2. The van der Waals surface area contributed by atoms with Gasteiger partial charge in [0.1, 0.15) is 0 Å². The highest BCUT2D eigenvalue weighted by atomic mass is 35.5. The summed E-state index contributed by atoms with van der Waals surface area (Å²) in [6, 6.07) is 4.02. The van der Waals surface area contributed by atoms with E-state index in [-0.39, 0.29) is 6.04 Å². The van der Waals surface area contributed by atoms with E-state index in [2.05, 4.69) is 31.1 Å². The van der Waals surface area contributed by atoms with E-state index in [1.165, 1.54) is 5.56 Å². The third kappa shape index (κ3) is 2.30. The van der Waals surface area contributed by atoms with Gasteiger partial charge in [0.15, 0.2) is 0 Å². The molecule has 1 heterocycles. The first kappa shape index (κ1) is 12.7. The van der Waals surface area contributed by atoms with Gasteiger partial charge >= 0.3 is 0 Å². The molecule has 0 radical (unpaired) electrons. The summed E-state index contributed by atoms with van der Waals surface area (Å²) in [6.07, 6.45) is 0. The Hall–Kier alpha value is -0.700. The number of nitrogens with one attached hydrogen (secondary N) is 2. The molecule has 0 fully saturated rings. The van der Waals surface area contributed by atoms with Crippen LogP contribution in [0.5, 0.6) is 0 Å². The van der Waals surface area contributed by atoms with Crippen molar-refractivity contribution >= 4 is 34.1 Å². The van der Waals surface area contributed by atoms with Gasteiger partial charge in [-0.15, -0.1) is 0 Å². The van der Waals surface area contributed by atoms with Crippen LogP contribution in [0.2, 0.25) is 10.0 Å². The molecular weight excluding hydrogens is 255 g/mol. The van der Waals surface area contributed by atoms with Crippen LogP contribution < -0.4 is 5.32 Å². The number of fused-ring (bicyclic) bond motifs is 1. The minimum Gasteiger partial charge on any atom is -0.357 e. The molecule has 92 valence electrons. The maximum absolute atomic E-state index is 6.19. The first-order chi connectivity index (χ1) is 8.04. The van der Waals surface area contributed by atoms with E-state index in [4.69, 9.17) is 23.2 Å². The van der Waals surface area contributed by atoms with Crippen molar-refractivity contribution in [2.75, 3.05) is 6.54 Å². The lowest BCUT2D eigenvalue weighted by Gasteiger charge is -2.13. The van der Waals surface area contributed by atoms with Gasteiger partial charge in [0.25, 0.3) is 0 Å². The second-order valence-corrected chi connectivity index (χ2v) is 5.10. The molecule has 17 heavy (non-hydrogen) atoms. The average molecular weight is 271 g/mol. The third-order valence-corrected chi connectivity index (χ3v) is 3.52. The molecule has 0 bridgehead atoms. The lowest BCUT2D eigenvalue weighted by Crippen LogP contribution is -2.18. The summed E-state index contributed by atoms with van der Waals surface area (Å²) in [7, 11) is 0. The Morgan fingerprint density at radius 1 is 1.35 bits per heavy atom. The first-order valence-electron chi connectivity index (χ1n) is 5.75. The molecule has 2 aromatic rings. The zero-order chi connectivity index (χ0) is 12.6. The van der Waals surface area contributed by atoms with Crippen molar-refractivity contribution in [3.8, 4) is 0 Å². The van der Waals surface area contributed by atoms with Crippen LogP contribution in [0.3, 0.4) is 0 Å². The van der Waals surface area contributed by atoms with E-state index in [1.54, 1.807) is 6.07 Å². The van der Waals surface area contributed by atoms with Crippen molar-refractivity contribution in [2.45, 2.75) is 26.8 Å². The zero-order valence-electron chi connectivity index (χ0n) is 10.2. The quantitative estimate of drug-likeness (QED) is 0.847. The Labute approximate surface area is 111 Å². The van der Waals surface area contributed by atoms with Gasteiger partial charge in [-0.05, 0) is 38.1 Å². The van der Waals surface area contributed by atoms with E-state index in [9.17, 15) is 0 Å². The highest BCUT2D eigenvalue weighted by Gasteiger charge is 2.16. The largest absolute Gasteiger partial charge is 0.357 e. The number of rotatable bonds is 3. The van der Waals surface area contributed by atoms with Gasteiger partial charge in [-0.1, -0.05) is 30.1 Å². The molecule has 1 unspecified atom stereocenters. The maximum Gasteiger partial charge on any atom is 0.0662 e. The molecule has 4 heteroatoms. The summed E-state index contributed by atoms with van der Waals surface area (Å²) in [5, 5.41) is 5.86. The summed E-state index contributed by atoms with van der Waals surface area (Å²) in [5.74, 6) is 0. The number of benzene rings is 1. The van der Waals surface area contributed by atoms with Crippen molar-refractivity contribution in [3.05, 3.63) is 33.4 Å². The fourth-order valence-corrected chi connectivity index (χ4v) is 2.88. The van der Waals surface area contributed by atoms with Gasteiger partial charge in [-0.3, -0.25) is 0 Å². The van der Waals surface area contributed by atoms with Crippen LogP contribution in [-0.4, -0.2) is 11.5 Å². The minimum atomic E-state index is 0.281. The van der Waals surface area contributed by atoms with Crippen molar-refractivity contribution in [2.24, 2.45) is 0 Å². The summed E-state index contributed by atoms with van der Waals surface area (Å²) >= 11 is 12.3. The third-order valence-electron chi connectivity index (χ3n) is 3.01. The van der Waals surface area contributed by atoms with Crippen LogP contribution in [-0.2, 0) is 0 Å². The zero-order valence-corrected chi connectivity index (χ0v) is 11.7. The molecule has 0 saturated heterocycles. The van der Waals surface area contributed by atoms with Gasteiger partial charge in [-0.2, -0.15) is 0 Å². The van der Waals surface area contributed by atoms with Crippen LogP contribution in [0.4, 0.5) is 0 Å². The lowest BCUT2D eigenvalue weighted by molar-refractivity contribution is 0.599. The van der Waals surface area contributed by atoms with Crippen LogP contribution >= 0.6 is 23.2 Å². The van der Waals surface area contributed by atoms with E-state index >= 15 is 0 Å². The summed E-state index contributed by atoms with van der Waals surface area (Å²) in [4.78, 5) is 3.33. The molecule has 2 N–H and O–H groups in total. The van der Waals surface area contributed by atoms with Crippen molar-refractivity contribution in [1.29, 1.82) is 0 Å². The average Bonchev–Trinajstić information content (AvgIpc) is 2.55. The summed E-state index contributed by atoms with van der Waals surface area (Å²) in [5.41, 5.74) is 3.34.